The fraction of sp³-hybridized carbons (Fsp3) is 0. The van der Waals surface area contributed by atoms with Gasteiger partial charge in [-0.2, -0.15) is 10.5 Å². The molecule has 0 saturated carbocycles. The molecule has 0 fully saturated rings. The van der Waals surface area contributed by atoms with E-state index in [2.05, 4.69) is 6.58 Å². The van der Waals surface area contributed by atoms with Crippen LogP contribution >= 0.6 is 0 Å². The number of hydrogen-bond acceptors (Lipinski definition) is 7. The van der Waals surface area contributed by atoms with E-state index in [1.807, 2.05) is 0 Å². The summed E-state index contributed by atoms with van der Waals surface area (Å²) in [5.41, 5.74) is -2.49. The molecule has 2 aliphatic heterocycles. The molecule has 160 valence electrons. The molecule has 0 N–H and O–H groups in total. The number of nitrogens with zero attached hydrogens (tertiary/aromatic N) is 4. The minimum Gasteiger partial charge on any atom is -0.286 e. The summed E-state index contributed by atoms with van der Waals surface area (Å²) in [6, 6.07) is 15.1. The summed E-state index contributed by atoms with van der Waals surface area (Å²) in [6.07, 6.45) is 0. The van der Waals surface area contributed by atoms with E-state index >= 15 is 0 Å². The molecule has 2 heterocycles. The number of fused-ring (bicyclic) bond motifs is 2. The number of carbonyl (C=O) groups is 5. The standard InChI is InChI=1S/C25H10N4O5/c1-12-17(10-26)18(11-27)21(30)20(29-24(33)15-8-4-5-9-16(15)25(29)34)19(12)28-22(31)13-6-2-3-7-14(13)23(28)32/h2-9H,1H2. The van der Waals surface area contributed by atoms with Crippen LogP contribution in [0.1, 0.15) is 41.4 Å². The van der Waals surface area contributed by atoms with E-state index in [-0.39, 0.29) is 27.8 Å². The Kier molecular flexibility index (Phi) is 4.25. The van der Waals surface area contributed by atoms with Crippen molar-refractivity contribution in [1.29, 1.82) is 10.5 Å². The van der Waals surface area contributed by atoms with Gasteiger partial charge in [0.2, 0.25) is 5.78 Å². The summed E-state index contributed by atoms with van der Waals surface area (Å²) < 4.78 is 0. The first-order valence-corrected chi connectivity index (χ1v) is 9.82. The second-order valence-corrected chi connectivity index (χ2v) is 7.46. The van der Waals surface area contributed by atoms with Gasteiger partial charge in [-0.15, -0.1) is 0 Å². The van der Waals surface area contributed by atoms with Crippen LogP contribution < -0.4 is 0 Å². The number of rotatable bonds is 2. The molecular formula is C25H10N4O5. The predicted molar refractivity (Wildman–Crippen MR) is 113 cm³/mol. The number of nitriles is 2. The van der Waals surface area contributed by atoms with Gasteiger partial charge in [0.15, 0.2) is 0 Å². The van der Waals surface area contributed by atoms with Gasteiger partial charge in [0.1, 0.15) is 23.4 Å². The third-order valence-corrected chi connectivity index (χ3v) is 5.76. The number of Topliss-reactive ketones (excluding diaryl/α,β-unsaturated/α-hetero) is 1. The van der Waals surface area contributed by atoms with Crippen LogP contribution in [0.25, 0.3) is 0 Å². The predicted octanol–water partition coefficient (Wildman–Crippen LogP) is 2.27. The Bertz CT molecular complexity index is 1410. The summed E-state index contributed by atoms with van der Waals surface area (Å²) in [6.45, 7) is 3.74. The van der Waals surface area contributed by atoms with Crippen LogP contribution in [0, 0.1) is 22.7 Å². The van der Waals surface area contributed by atoms with Gasteiger partial charge in [-0.3, -0.25) is 24.0 Å². The zero-order valence-electron chi connectivity index (χ0n) is 17.2. The van der Waals surface area contributed by atoms with Crippen LogP contribution in [0.4, 0.5) is 0 Å². The van der Waals surface area contributed by atoms with Crippen LogP contribution in [0.15, 0.2) is 83.2 Å². The quantitative estimate of drug-likeness (QED) is 0.645. The summed E-state index contributed by atoms with van der Waals surface area (Å²) in [7, 11) is 0. The highest BCUT2D eigenvalue weighted by molar-refractivity contribution is 6.29. The molecule has 0 atom stereocenters. The lowest BCUT2D eigenvalue weighted by atomic mass is 9.87. The molecule has 9 nitrogen and oxygen atoms in total. The molecule has 5 rings (SSSR count). The van der Waals surface area contributed by atoms with E-state index in [1.54, 1.807) is 24.3 Å². The number of allylic oxidation sites excluding steroid dienone is 2. The minimum absolute atomic E-state index is 0.00805. The van der Waals surface area contributed by atoms with Crippen molar-refractivity contribution in [3.63, 3.8) is 0 Å². The summed E-state index contributed by atoms with van der Waals surface area (Å²) >= 11 is 0. The molecule has 1 aliphatic carbocycles. The van der Waals surface area contributed by atoms with E-state index < -0.39 is 52.0 Å². The number of benzene rings is 2. The Hall–Kier alpha value is -5.41. The van der Waals surface area contributed by atoms with Gasteiger partial charge in [0.25, 0.3) is 23.6 Å². The molecule has 0 saturated heterocycles. The zero-order chi connectivity index (χ0) is 24.3. The van der Waals surface area contributed by atoms with Crippen LogP contribution in [0.2, 0.25) is 0 Å². The Labute approximate surface area is 191 Å². The summed E-state index contributed by atoms with van der Waals surface area (Å²) in [5.74, 6) is -4.53. The molecule has 0 radical (unpaired) electrons. The maximum absolute atomic E-state index is 13.4. The number of hydrogen-bond donors (Lipinski definition) is 0. The maximum Gasteiger partial charge on any atom is 0.266 e. The molecule has 0 aromatic heterocycles. The topological polar surface area (TPSA) is 139 Å². The van der Waals surface area contributed by atoms with Crippen LogP contribution in [-0.4, -0.2) is 39.2 Å². The van der Waals surface area contributed by atoms with E-state index in [9.17, 15) is 34.5 Å². The molecule has 0 spiro atoms. The minimum atomic E-state index is -1.15. The molecular weight excluding hydrogens is 436 g/mol. The number of amides is 4. The second kappa shape index (κ2) is 7.05. The lowest BCUT2D eigenvalue weighted by Gasteiger charge is -2.29. The van der Waals surface area contributed by atoms with Crippen molar-refractivity contribution in [3.8, 4) is 12.1 Å². The van der Waals surface area contributed by atoms with Crippen molar-refractivity contribution in [2.75, 3.05) is 0 Å². The van der Waals surface area contributed by atoms with Gasteiger partial charge in [0, 0.05) is 5.57 Å². The van der Waals surface area contributed by atoms with Crippen molar-refractivity contribution < 1.29 is 24.0 Å². The van der Waals surface area contributed by atoms with Crippen LogP contribution in [-0.2, 0) is 4.79 Å². The monoisotopic (exact) mass is 446 g/mol. The van der Waals surface area contributed by atoms with Gasteiger partial charge < -0.3 is 0 Å². The first-order valence-electron chi connectivity index (χ1n) is 9.82. The normalized spacial score (nSPS) is 17.4. The summed E-state index contributed by atoms with van der Waals surface area (Å²) in [4.78, 5) is 67.4. The Morgan fingerprint density at radius 1 is 0.588 bits per heavy atom. The van der Waals surface area contributed by atoms with E-state index in [0.29, 0.717) is 9.80 Å². The van der Waals surface area contributed by atoms with Crippen LogP contribution in [0.3, 0.4) is 0 Å². The largest absolute Gasteiger partial charge is 0.286 e. The second-order valence-electron chi connectivity index (χ2n) is 7.46. The van der Waals surface area contributed by atoms with Crippen molar-refractivity contribution in [2.24, 2.45) is 0 Å². The lowest BCUT2D eigenvalue weighted by Crippen LogP contribution is -2.42. The molecule has 3 aliphatic rings. The molecule has 9 heteroatoms. The van der Waals surface area contributed by atoms with Gasteiger partial charge in [-0.25, -0.2) is 9.80 Å². The van der Waals surface area contributed by atoms with Gasteiger partial charge >= 0.3 is 0 Å². The molecule has 2 aromatic carbocycles. The molecule has 0 bridgehead atoms. The maximum atomic E-state index is 13.4. The average Bonchev–Trinajstić information content (AvgIpc) is 3.25. The fourth-order valence-electron chi connectivity index (χ4n) is 4.21. The first-order chi connectivity index (χ1) is 16.3. The van der Waals surface area contributed by atoms with E-state index in [0.717, 1.165) is 0 Å². The van der Waals surface area contributed by atoms with Gasteiger partial charge in [0.05, 0.1) is 33.5 Å². The fourth-order valence-corrected chi connectivity index (χ4v) is 4.21. The van der Waals surface area contributed by atoms with Crippen molar-refractivity contribution in [1.82, 2.24) is 9.80 Å². The zero-order valence-corrected chi connectivity index (χ0v) is 17.2. The molecule has 0 unspecified atom stereocenters. The van der Waals surface area contributed by atoms with E-state index in [4.69, 9.17) is 0 Å². The lowest BCUT2D eigenvalue weighted by molar-refractivity contribution is -0.113. The first kappa shape index (κ1) is 20.5. The number of carbonyl (C=O) groups excluding carboxylic acids is 5. The highest BCUT2D eigenvalue weighted by atomic mass is 16.2. The number of ketones is 1. The highest BCUT2D eigenvalue weighted by Gasteiger charge is 2.49. The van der Waals surface area contributed by atoms with Gasteiger partial charge in [-0.05, 0) is 24.3 Å². The Balaban J connectivity index is 1.80. The van der Waals surface area contributed by atoms with Crippen molar-refractivity contribution >= 4 is 29.4 Å². The van der Waals surface area contributed by atoms with Crippen molar-refractivity contribution in [2.45, 2.75) is 0 Å². The summed E-state index contributed by atoms with van der Waals surface area (Å²) in [5, 5.41) is 19.2. The molecule has 34 heavy (non-hydrogen) atoms. The Morgan fingerprint density at radius 3 is 1.29 bits per heavy atom. The number of imide groups is 2. The third kappa shape index (κ3) is 2.43. The smallest absolute Gasteiger partial charge is 0.266 e. The van der Waals surface area contributed by atoms with Crippen LogP contribution in [0.5, 0.6) is 0 Å². The Morgan fingerprint density at radius 2 is 0.941 bits per heavy atom. The third-order valence-electron chi connectivity index (χ3n) is 5.76. The van der Waals surface area contributed by atoms with Crippen molar-refractivity contribution in [3.05, 3.63) is 105 Å². The molecule has 4 amide bonds. The van der Waals surface area contributed by atoms with E-state index in [1.165, 1.54) is 36.4 Å². The highest BCUT2D eigenvalue weighted by Crippen LogP contribution is 2.40. The SMILES string of the molecule is C=C1C(C#N)=C(C#N)C(=O)C(N2C(=O)c3ccccc3C2=O)=C1N1C(=O)c2ccccc2C1=O. The van der Waals surface area contributed by atoms with Gasteiger partial charge in [-0.1, -0.05) is 30.8 Å². The molecule has 2 aromatic rings. The average molecular weight is 446 g/mol.